The molecule has 0 bridgehead atoms. The van der Waals surface area contributed by atoms with Crippen LogP contribution < -0.4 is 5.32 Å². The van der Waals surface area contributed by atoms with Crippen LogP contribution in [0.25, 0.3) is 0 Å². The van der Waals surface area contributed by atoms with Gasteiger partial charge in [0.25, 0.3) is 0 Å². The van der Waals surface area contributed by atoms with E-state index < -0.39 is 0 Å². The minimum Gasteiger partial charge on any atom is -0.311 e. The number of nitrogens with one attached hydrogen (secondary N) is 1. The van der Waals surface area contributed by atoms with Crippen molar-refractivity contribution in [3.63, 3.8) is 0 Å². The Hall–Kier alpha value is -0.0800. The molecule has 0 amide bonds. The molecule has 0 aliphatic rings. The SMILES string of the molecule is CN=C(Cl)[C@H](NC)C(C)(C)C. The van der Waals surface area contributed by atoms with Crippen molar-refractivity contribution in [2.24, 2.45) is 10.4 Å². The maximum Gasteiger partial charge on any atom is 0.117 e. The zero-order valence-electron chi connectivity index (χ0n) is 7.90. The first-order chi connectivity index (χ1) is 4.93. The predicted octanol–water partition coefficient (Wildman–Crippen LogP) is 1.89. The molecule has 0 unspecified atom stereocenters. The molecule has 3 heteroatoms. The lowest BCUT2D eigenvalue weighted by atomic mass is 9.87. The minimum absolute atomic E-state index is 0.116. The zero-order chi connectivity index (χ0) is 9.07. The van der Waals surface area contributed by atoms with Crippen LogP contribution in [0.1, 0.15) is 20.8 Å². The first-order valence-corrected chi connectivity index (χ1v) is 4.10. The summed E-state index contributed by atoms with van der Waals surface area (Å²) in [7, 11) is 3.60. The van der Waals surface area contributed by atoms with Crippen LogP contribution in [0.5, 0.6) is 0 Å². The van der Waals surface area contributed by atoms with E-state index in [4.69, 9.17) is 11.6 Å². The van der Waals surface area contributed by atoms with E-state index in [9.17, 15) is 0 Å². The molecular weight excluding hydrogens is 160 g/mol. The molecule has 0 heterocycles. The van der Waals surface area contributed by atoms with Gasteiger partial charge in [0.15, 0.2) is 0 Å². The van der Waals surface area contributed by atoms with Gasteiger partial charge in [-0.05, 0) is 12.5 Å². The highest BCUT2D eigenvalue weighted by Gasteiger charge is 2.26. The van der Waals surface area contributed by atoms with E-state index >= 15 is 0 Å². The van der Waals surface area contributed by atoms with Crippen molar-refractivity contribution < 1.29 is 0 Å². The largest absolute Gasteiger partial charge is 0.311 e. The standard InChI is InChI=1S/C8H17ClN2/c1-8(2,3)6(10-4)7(9)11-5/h6,10H,1-5H3/t6-/m0/s1. The first kappa shape index (κ1) is 10.9. The van der Waals surface area contributed by atoms with Gasteiger partial charge in [-0.1, -0.05) is 32.4 Å². The molecule has 1 atom stereocenters. The molecule has 2 nitrogen and oxygen atoms in total. The first-order valence-electron chi connectivity index (χ1n) is 3.73. The monoisotopic (exact) mass is 176 g/mol. The van der Waals surface area contributed by atoms with E-state index in [1.165, 1.54) is 0 Å². The van der Waals surface area contributed by atoms with Gasteiger partial charge in [-0.3, -0.25) is 4.99 Å². The average Bonchev–Trinajstić information content (AvgIpc) is 1.86. The molecule has 0 fully saturated rings. The van der Waals surface area contributed by atoms with Gasteiger partial charge in [0.05, 0.1) is 6.04 Å². The van der Waals surface area contributed by atoms with Gasteiger partial charge in [-0.2, -0.15) is 0 Å². The molecule has 66 valence electrons. The van der Waals surface area contributed by atoms with Gasteiger partial charge in [-0.15, -0.1) is 0 Å². The van der Waals surface area contributed by atoms with Crippen LogP contribution in [0.4, 0.5) is 0 Å². The molecule has 0 saturated carbocycles. The van der Waals surface area contributed by atoms with Gasteiger partial charge in [-0.25, -0.2) is 0 Å². The van der Waals surface area contributed by atoms with Gasteiger partial charge in [0.1, 0.15) is 5.17 Å². The molecule has 0 radical (unpaired) electrons. The second-order valence-electron chi connectivity index (χ2n) is 3.63. The van der Waals surface area contributed by atoms with Gasteiger partial charge >= 0.3 is 0 Å². The van der Waals surface area contributed by atoms with E-state index in [1.807, 2.05) is 7.05 Å². The Morgan fingerprint density at radius 3 is 2.00 bits per heavy atom. The quantitative estimate of drug-likeness (QED) is 0.639. The second kappa shape index (κ2) is 4.07. The van der Waals surface area contributed by atoms with Crippen LogP contribution in [-0.2, 0) is 0 Å². The fraction of sp³-hybridized carbons (Fsp3) is 0.875. The highest BCUT2D eigenvalue weighted by atomic mass is 35.5. The number of halogens is 1. The minimum atomic E-state index is 0.116. The van der Waals surface area contributed by atoms with Crippen LogP contribution in [-0.4, -0.2) is 25.3 Å². The van der Waals surface area contributed by atoms with E-state index in [0.717, 1.165) is 0 Å². The van der Waals surface area contributed by atoms with Gasteiger partial charge < -0.3 is 5.32 Å². The fourth-order valence-electron chi connectivity index (χ4n) is 1.04. The summed E-state index contributed by atoms with van der Waals surface area (Å²) in [6.45, 7) is 6.38. The number of hydrogen-bond acceptors (Lipinski definition) is 2. The Bertz CT molecular complexity index is 147. The third kappa shape index (κ3) is 3.21. The highest BCUT2D eigenvalue weighted by Crippen LogP contribution is 2.21. The topological polar surface area (TPSA) is 24.4 Å². The normalized spacial score (nSPS) is 16.7. The molecule has 0 aromatic carbocycles. The third-order valence-electron chi connectivity index (χ3n) is 1.61. The van der Waals surface area contributed by atoms with E-state index in [-0.39, 0.29) is 11.5 Å². The average molecular weight is 177 g/mol. The number of aliphatic imine (C=N–C) groups is 1. The maximum absolute atomic E-state index is 5.90. The van der Waals surface area contributed by atoms with E-state index in [1.54, 1.807) is 7.05 Å². The summed E-state index contributed by atoms with van der Waals surface area (Å²) in [4.78, 5) is 3.95. The summed E-state index contributed by atoms with van der Waals surface area (Å²) in [6.07, 6.45) is 0. The van der Waals surface area contributed by atoms with Crippen molar-refractivity contribution in [2.75, 3.05) is 14.1 Å². The zero-order valence-corrected chi connectivity index (χ0v) is 8.66. The van der Waals surface area contributed by atoms with Crippen molar-refractivity contribution in [3.05, 3.63) is 0 Å². The fourth-order valence-corrected chi connectivity index (χ4v) is 1.47. The maximum atomic E-state index is 5.90. The molecule has 1 N–H and O–H groups in total. The molecule has 0 rings (SSSR count). The van der Waals surface area contributed by atoms with Crippen molar-refractivity contribution >= 4 is 16.8 Å². The Morgan fingerprint density at radius 1 is 1.45 bits per heavy atom. The highest BCUT2D eigenvalue weighted by molar-refractivity contribution is 6.66. The van der Waals surface area contributed by atoms with Crippen molar-refractivity contribution in [1.82, 2.24) is 5.32 Å². The predicted molar refractivity (Wildman–Crippen MR) is 51.5 cm³/mol. The lowest BCUT2D eigenvalue weighted by molar-refractivity contribution is 0.348. The van der Waals surface area contributed by atoms with Gasteiger partial charge in [0.2, 0.25) is 0 Å². The van der Waals surface area contributed by atoms with Crippen LogP contribution in [0.15, 0.2) is 4.99 Å². The smallest absolute Gasteiger partial charge is 0.117 e. The van der Waals surface area contributed by atoms with Crippen LogP contribution >= 0.6 is 11.6 Å². The van der Waals surface area contributed by atoms with Crippen molar-refractivity contribution in [2.45, 2.75) is 26.8 Å². The van der Waals surface area contributed by atoms with Crippen molar-refractivity contribution in [1.29, 1.82) is 0 Å². The third-order valence-corrected chi connectivity index (χ3v) is 1.99. The molecule has 0 aromatic rings. The van der Waals surface area contributed by atoms with Crippen LogP contribution in [0.2, 0.25) is 0 Å². The lowest BCUT2D eigenvalue weighted by Gasteiger charge is -2.28. The summed E-state index contributed by atoms with van der Waals surface area (Å²) in [5, 5.41) is 3.77. The molecule has 0 spiro atoms. The summed E-state index contributed by atoms with van der Waals surface area (Å²) in [6, 6.07) is 0.147. The van der Waals surface area contributed by atoms with Crippen LogP contribution in [0.3, 0.4) is 0 Å². The molecule has 0 aliphatic carbocycles. The molecule has 0 aliphatic heterocycles. The summed E-state index contributed by atoms with van der Waals surface area (Å²) < 4.78 is 0. The number of hydrogen-bond donors (Lipinski definition) is 1. The molecular formula is C8H17ClN2. The number of nitrogens with zero attached hydrogens (tertiary/aromatic N) is 1. The molecule has 0 saturated heterocycles. The van der Waals surface area contributed by atoms with E-state index in [2.05, 4.69) is 31.1 Å². The Morgan fingerprint density at radius 2 is 1.91 bits per heavy atom. The Kier molecular flexibility index (Phi) is 4.04. The van der Waals surface area contributed by atoms with E-state index in [0.29, 0.717) is 5.17 Å². The lowest BCUT2D eigenvalue weighted by Crippen LogP contribution is -2.42. The van der Waals surface area contributed by atoms with Crippen molar-refractivity contribution in [3.8, 4) is 0 Å². The summed E-state index contributed by atoms with van der Waals surface area (Å²) >= 11 is 5.90. The second-order valence-corrected chi connectivity index (χ2v) is 4.02. The Balaban J connectivity index is 4.42. The Labute approximate surface area is 74.0 Å². The van der Waals surface area contributed by atoms with Gasteiger partial charge in [0, 0.05) is 7.05 Å². The summed E-state index contributed by atoms with van der Waals surface area (Å²) in [5.41, 5.74) is 0.116. The van der Waals surface area contributed by atoms with Crippen LogP contribution in [0, 0.1) is 5.41 Å². The summed E-state index contributed by atoms with van der Waals surface area (Å²) in [5.74, 6) is 0. The number of rotatable bonds is 2. The molecule has 11 heavy (non-hydrogen) atoms. The molecule has 0 aromatic heterocycles.